The summed E-state index contributed by atoms with van der Waals surface area (Å²) >= 11 is 1.31. The number of aromatic nitrogens is 4. The van der Waals surface area contributed by atoms with Crippen LogP contribution in [0, 0.1) is 20.8 Å². The third kappa shape index (κ3) is 3.62. The number of nitrogens with zero attached hydrogens (tertiary/aromatic N) is 4. The van der Waals surface area contributed by atoms with Crippen LogP contribution in [0.1, 0.15) is 34.0 Å². The molecule has 0 aliphatic rings. The summed E-state index contributed by atoms with van der Waals surface area (Å²) in [6.07, 6.45) is 0. The molecule has 0 spiro atoms. The zero-order valence-corrected chi connectivity index (χ0v) is 15.9. The van der Waals surface area contributed by atoms with Gasteiger partial charge in [0.2, 0.25) is 5.16 Å². The van der Waals surface area contributed by atoms with E-state index in [-0.39, 0.29) is 16.8 Å². The summed E-state index contributed by atoms with van der Waals surface area (Å²) in [5.41, 5.74) is 4.71. The van der Waals surface area contributed by atoms with Crippen LogP contribution in [0.4, 0.5) is 0 Å². The quantitative estimate of drug-likeness (QED) is 0.547. The van der Waals surface area contributed by atoms with Gasteiger partial charge in [-0.15, -0.1) is 5.10 Å². The Kier molecular flexibility index (Phi) is 5.08. The van der Waals surface area contributed by atoms with Gasteiger partial charge in [-0.25, -0.2) is 0 Å². The number of carbonyl (C=O) groups excluding carboxylic acids is 1. The second-order valence-electron chi connectivity index (χ2n) is 6.27. The van der Waals surface area contributed by atoms with Crippen molar-refractivity contribution in [1.29, 1.82) is 0 Å². The van der Waals surface area contributed by atoms with E-state index in [0.29, 0.717) is 5.16 Å². The molecule has 1 aromatic heterocycles. The first-order chi connectivity index (χ1) is 12.4. The lowest BCUT2D eigenvalue weighted by Crippen LogP contribution is -2.16. The molecule has 0 unspecified atom stereocenters. The van der Waals surface area contributed by atoms with Crippen LogP contribution in [-0.2, 0) is 0 Å². The topological polar surface area (TPSA) is 80.9 Å². The van der Waals surface area contributed by atoms with Gasteiger partial charge in [-0.3, -0.25) is 4.79 Å². The fourth-order valence-electron chi connectivity index (χ4n) is 2.66. The van der Waals surface area contributed by atoms with Crippen LogP contribution >= 0.6 is 11.8 Å². The van der Waals surface area contributed by atoms with E-state index in [2.05, 4.69) is 15.5 Å². The first kappa shape index (κ1) is 18.1. The van der Waals surface area contributed by atoms with Crippen molar-refractivity contribution in [3.63, 3.8) is 0 Å². The fourth-order valence-corrected chi connectivity index (χ4v) is 3.54. The van der Waals surface area contributed by atoms with Gasteiger partial charge in [0.15, 0.2) is 5.78 Å². The van der Waals surface area contributed by atoms with E-state index in [4.69, 9.17) is 0 Å². The van der Waals surface area contributed by atoms with E-state index in [0.717, 1.165) is 22.4 Å². The molecule has 1 heterocycles. The number of phenolic OH excluding ortho intramolecular Hbond substituents is 1. The van der Waals surface area contributed by atoms with Crippen LogP contribution in [0.25, 0.3) is 5.69 Å². The lowest BCUT2D eigenvalue weighted by Gasteiger charge is -2.13. The summed E-state index contributed by atoms with van der Waals surface area (Å²) in [6.45, 7) is 7.87. The van der Waals surface area contributed by atoms with Gasteiger partial charge in [-0.1, -0.05) is 17.8 Å². The van der Waals surface area contributed by atoms with Gasteiger partial charge >= 0.3 is 0 Å². The van der Waals surface area contributed by atoms with Crippen LogP contribution in [-0.4, -0.2) is 36.3 Å². The van der Waals surface area contributed by atoms with Crippen molar-refractivity contribution in [1.82, 2.24) is 20.2 Å². The molecule has 2 aromatic carbocycles. The second-order valence-corrected chi connectivity index (χ2v) is 7.57. The molecule has 3 aromatic rings. The summed E-state index contributed by atoms with van der Waals surface area (Å²) in [6, 6.07) is 10.6. The Labute approximate surface area is 156 Å². The van der Waals surface area contributed by atoms with Crippen LogP contribution in [0.2, 0.25) is 0 Å². The van der Waals surface area contributed by atoms with E-state index >= 15 is 0 Å². The molecule has 134 valence electrons. The minimum atomic E-state index is -0.335. The highest BCUT2D eigenvalue weighted by Gasteiger charge is 2.22. The number of aromatic hydroxyl groups is 1. The van der Waals surface area contributed by atoms with Crippen molar-refractivity contribution in [2.24, 2.45) is 0 Å². The Bertz CT molecular complexity index is 951. The van der Waals surface area contributed by atoms with Crippen molar-refractivity contribution in [2.75, 3.05) is 0 Å². The number of hydrogen-bond acceptors (Lipinski definition) is 6. The zero-order valence-electron chi connectivity index (χ0n) is 15.1. The molecule has 0 bridgehead atoms. The molecule has 0 radical (unpaired) electrons. The van der Waals surface area contributed by atoms with E-state index < -0.39 is 0 Å². The van der Waals surface area contributed by atoms with Gasteiger partial charge in [-0.05, 0) is 85.1 Å². The van der Waals surface area contributed by atoms with Crippen LogP contribution in [0.3, 0.4) is 0 Å². The number of hydrogen-bond donors (Lipinski definition) is 1. The van der Waals surface area contributed by atoms with Gasteiger partial charge in [0.25, 0.3) is 0 Å². The SMILES string of the molecule is Cc1cc(C)c(C(=O)[C@H](C)Sc2nnnn2-c2ccc(O)cc2)cc1C. The highest BCUT2D eigenvalue weighted by Crippen LogP contribution is 2.27. The van der Waals surface area contributed by atoms with Crippen LogP contribution in [0.15, 0.2) is 41.6 Å². The average molecular weight is 368 g/mol. The lowest BCUT2D eigenvalue weighted by atomic mass is 9.97. The number of thioether (sulfide) groups is 1. The van der Waals surface area contributed by atoms with Crippen molar-refractivity contribution < 1.29 is 9.90 Å². The Morgan fingerprint density at radius 1 is 1.08 bits per heavy atom. The summed E-state index contributed by atoms with van der Waals surface area (Å²) in [5, 5.41) is 21.4. The normalized spacial score (nSPS) is 12.2. The smallest absolute Gasteiger partial charge is 0.214 e. The summed E-state index contributed by atoms with van der Waals surface area (Å²) in [4.78, 5) is 12.9. The van der Waals surface area contributed by atoms with Gasteiger partial charge in [-0.2, -0.15) is 4.68 Å². The third-order valence-electron chi connectivity index (χ3n) is 4.29. The molecule has 3 rings (SSSR count). The van der Waals surface area contributed by atoms with Crippen LogP contribution in [0.5, 0.6) is 5.75 Å². The molecule has 0 aliphatic heterocycles. The molecule has 0 saturated carbocycles. The molecule has 0 amide bonds. The maximum atomic E-state index is 12.9. The highest BCUT2D eigenvalue weighted by molar-refractivity contribution is 8.00. The first-order valence-corrected chi connectivity index (χ1v) is 9.11. The number of tetrazole rings is 1. The number of aryl methyl sites for hydroxylation is 3. The number of phenols is 1. The number of carbonyl (C=O) groups is 1. The van der Waals surface area contributed by atoms with Gasteiger partial charge in [0.1, 0.15) is 5.75 Å². The van der Waals surface area contributed by atoms with E-state index in [1.807, 2.05) is 39.8 Å². The molecule has 1 atom stereocenters. The van der Waals surface area contributed by atoms with Gasteiger partial charge in [0.05, 0.1) is 10.9 Å². The predicted molar refractivity (Wildman–Crippen MR) is 101 cm³/mol. The number of rotatable bonds is 5. The Morgan fingerprint density at radius 3 is 2.42 bits per heavy atom. The lowest BCUT2D eigenvalue weighted by molar-refractivity contribution is 0.0993. The van der Waals surface area contributed by atoms with Gasteiger partial charge in [0, 0.05) is 5.56 Å². The maximum absolute atomic E-state index is 12.9. The minimum absolute atomic E-state index is 0.0517. The molecule has 1 N–H and O–H groups in total. The van der Waals surface area contributed by atoms with Crippen molar-refractivity contribution in [3.8, 4) is 11.4 Å². The number of ketones is 1. The Morgan fingerprint density at radius 2 is 1.73 bits per heavy atom. The molecule has 7 heteroatoms. The largest absolute Gasteiger partial charge is 0.508 e. The summed E-state index contributed by atoms with van der Waals surface area (Å²) in [5.74, 6) is 0.223. The molecular formula is C19H20N4O2S. The van der Waals surface area contributed by atoms with Gasteiger partial charge < -0.3 is 5.11 Å². The van der Waals surface area contributed by atoms with E-state index in [1.54, 1.807) is 28.9 Å². The Hall–Kier alpha value is -2.67. The first-order valence-electron chi connectivity index (χ1n) is 8.23. The van der Waals surface area contributed by atoms with E-state index in [9.17, 15) is 9.90 Å². The standard InChI is InChI=1S/C19H20N4O2S/c1-11-9-13(3)17(10-12(11)2)18(25)14(4)26-19-20-21-22-23(19)15-5-7-16(24)8-6-15/h5-10,14,24H,1-4H3/t14-/m0/s1. The number of benzene rings is 2. The highest BCUT2D eigenvalue weighted by atomic mass is 32.2. The summed E-state index contributed by atoms with van der Waals surface area (Å²) < 4.78 is 1.56. The molecule has 26 heavy (non-hydrogen) atoms. The van der Waals surface area contributed by atoms with Crippen LogP contribution < -0.4 is 0 Å². The minimum Gasteiger partial charge on any atom is -0.508 e. The van der Waals surface area contributed by atoms with Crippen molar-refractivity contribution in [3.05, 3.63) is 58.7 Å². The van der Waals surface area contributed by atoms with Crippen molar-refractivity contribution >= 4 is 17.5 Å². The maximum Gasteiger partial charge on any atom is 0.214 e. The molecule has 0 aliphatic carbocycles. The summed E-state index contributed by atoms with van der Waals surface area (Å²) in [7, 11) is 0. The molecule has 0 fully saturated rings. The molecule has 0 saturated heterocycles. The molecular weight excluding hydrogens is 348 g/mol. The Balaban J connectivity index is 1.84. The van der Waals surface area contributed by atoms with E-state index in [1.165, 1.54) is 17.3 Å². The van der Waals surface area contributed by atoms with Crippen molar-refractivity contribution in [2.45, 2.75) is 38.1 Å². The monoisotopic (exact) mass is 368 g/mol. The average Bonchev–Trinajstić information content (AvgIpc) is 3.06. The zero-order chi connectivity index (χ0) is 18.8. The fraction of sp³-hybridized carbons (Fsp3) is 0.263. The second kappa shape index (κ2) is 7.29. The number of Topliss-reactive ketones (excluding diaryl/α,β-unsaturated/α-hetero) is 1. The predicted octanol–water partition coefficient (Wildman–Crippen LogP) is 3.66. The molecule has 6 nitrogen and oxygen atoms in total. The third-order valence-corrected chi connectivity index (χ3v) is 5.33.